The van der Waals surface area contributed by atoms with Gasteiger partial charge in [0.2, 0.25) is 5.91 Å². The van der Waals surface area contributed by atoms with E-state index in [9.17, 15) is 18.4 Å². The van der Waals surface area contributed by atoms with E-state index < -0.39 is 48.3 Å². The number of benzene rings is 2. The fraction of sp³-hybridized carbons (Fsp3) is 0.364. The first kappa shape index (κ1) is 22.9. The number of halogens is 4. The lowest BCUT2D eigenvalue weighted by atomic mass is 10.0. The average molecular weight is 455 g/mol. The molecule has 0 aliphatic carbocycles. The molecule has 5 nitrogen and oxygen atoms in total. The standard InChI is InChI=1S/C22H22ClF3N2O3/c1-21(2,3)31-20(30)28-12-22(25,26)11-17(28)19(29)27-16-10-6-8-14(18(16)24)13-7-4-5-9-15(13)23/h4-10,17H,11-12H2,1-3H3,(H,27,29)/t17-/m0/s1. The quantitative estimate of drug-likeness (QED) is 0.644. The molecule has 166 valence electrons. The van der Waals surface area contributed by atoms with E-state index in [-0.39, 0.29) is 11.3 Å². The molecule has 1 aliphatic rings. The molecule has 1 fully saturated rings. The molecule has 0 saturated carbocycles. The van der Waals surface area contributed by atoms with Crippen LogP contribution >= 0.6 is 11.6 Å². The summed E-state index contributed by atoms with van der Waals surface area (Å²) in [7, 11) is 0. The molecule has 2 amide bonds. The third kappa shape index (κ3) is 5.31. The molecule has 1 saturated heterocycles. The summed E-state index contributed by atoms with van der Waals surface area (Å²) in [6, 6.07) is 9.39. The number of rotatable bonds is 3. The van der Waals surface area contributed by atoms with Crippen molar-refractivity contribution in [1.29, 1.82) is 0 Å². The molecule has 0 spiro atoms. The number of nitrogens with one attached hydrogen (secondary N) is 1. The van der Waals surface area contributed by atoms with E-state index in [1.165, 1.54) is 18.2 Å². The summed E-state index contributed by atoms with van der Waals surface area (Å²) >= 11 is 6.14. The fourth-order valence-electron chi connectivity index (χ4n) is 3.30. The van der Waals surface area contributed by atoms with Gasteiger partial charge in [0.15, 0.2) is 5.82 Å². The van der Waals surface area contributed by atoms with Gasteiger partial charge < -0.3 is 10.1 Å². The Morgan fingerprint density at radius 1 is 1.13 bits per heavy atom. The summed E-state index contributed by atoms with van der Waals surface area (Å²) in [6.07, 6.45) is -1.92. The molecular weight excluding hydrogens is 433 g/mol. The highest BCUT2D eigenvalue weighted by Gasteiger charge is 2.51. The lowest BCUT2D eigenvalue weighted by Crippen LogP contribution is -2.45. The monoisotopic (exact) mass is 454 g/mol. The third-order valence-corrected chi connectivity index (χ3v) is 4.95. The Kier molecular flexibility index (Phi) is 6.23. The van der Waals surface area contributed by atoms with Crippen LogP contribution in [0.1, 0.15) is 27.2 Å². The zero-order valence-corrected chi connectivity index (χ0v) is 18.0. The Morgan fingerprint density at radius 3 is 2.42 bits per heavy atom. The molecular formula is C22H22ClF3N2O3. The van der Waals surface area contributed by atoms with Gasteiger partial charge in [0.05, 0.1) is 12.2 Å². The maximum Gasteiger partial charge on any atom is 0.411 e. The van der Waals surface area contributed by atoms with Gasteiger partial charge in [-0.05, 0) is 32.9 Å². The topological polar surface area (TPSA) is 58.6 Å². The predicted molar refractivity (Wildman–Crippen MR) is 112 cm³/mol. The van der Waals surface area contributed by atoms with Crippen molar-refractivity contribution in [2.75, 3.05) is 11.9 Å². The summed E-state index contributed by atoms with van der Waals surface area (Å²) in [5.41, 5.74) is -0.572. The minimum Gasteiger partial charge on any atom is -0.444 e. The first-order valence-corrected chi connectivity index (χ1v) is 9.97. The van der Waals surface area contributed by atoms with Crippen molar-refractivity contribution in [3.63, 3.8) is 0 Å². The molecule has 0 bridgehead atoms. The van der Waals surface area contributed by atoms with Crippen molar-refractivity contribution in [2.45, 2.75) is 44.8 Å². The molecule has 1 N–H and O–H groups in total. The Morgan fingerprint density at radius 2 is 1.77 bits per heavy atom. The Balaban J connectivity index is 1.86. The van der Waals surface area contributed by atoms with Crippen LogP contribution in [0.4, 0.5) is 23.7 Å². The smallest absolute Gasteiger partial charge is 0.411 e. The molecule has 3 rings (SSSR count). The first-order chi connectivity index (χ1) is 14.4. The molecule has 1 atom stereocenters. The zero-order chi connectivity index (χ0) is 23.0. The fourth-order valence-corrected chi connectivity index (χ4v) is 3.53. The molecule has 1 aliphatic heterocycles. The minimum atomic E-state index is -3.27. The molecule has 1 heterocycles. The van der Waals surface area contributed by atoms with Crippen LogP contribution in [0.25, 0.3) is 11.1 Å². The third-order valence-electron chi connectivity index (χ3n) is 4.62. The number of hydrogen-bond donors (Lipinski definition) is 1. The first-order valence-electron chi connectivity index (χ1n) is 9.60. The van der Waals surface area contributed by atoms with Gasteiger partial charge in [0.25, 0.3) is 5.92 Å². The Labute approximate surface area is 183 Å². The van der Waals surface area contributed by atoms with E-state index in [4.69, 9.17) is 16.3 Å². The highest BCUT2D eigenvalue weighted by atomic mass is 35.5. The van der Waals surface area contributed by atoms with Gasteiger partial charge in [0.1, 0.15) is 11.6 Å². The lowest BCUT2D eigenvalue weighted by Gasteiger charge is -2.27. The molecule has 0 aromatic heterocycles. The number of amides is 2. The van der Waals surface area contributed by atoms with Gasteiger partial charge >= 0.3 is 6.09 Å². The summed E-state index contributed by atoms with van der Waals surface area (Å²) in [5.74, 6) is -4.97. The van der Waals surface area contributed by atoms with Crippen molar-refractivity contribution in [3.8, 4) is 11.1 Å². The molecule has 2 aromatic carbocycles. The number of anilines is 1. The summed E-state index contributed by atoms with van der Waals surface area (Å²) in [5, 5.41) is 2.64. The molecule has 31 heavy (non-hydrogen) atoms. The number of nitrogens with zero attached hydrogens (tertiary/aromatic N) is 1. The van der Waals surface area contributed by atoms with Crippen LogP contribution in [0.2, 0.25) is 5.02 Å². The maximum atomic E-state index is 15.1. The van der Waals surface area contributed by atoms with Crippen LogP contribution in [-0.2, 0) is 9.53 Å². The van der Waals surface area contributed by atoms with E-state index in [2.05, 4.69) is 5.32 Å². The highest BCUT2D eigenvalue weighted by molar-refractivity contribution is 6.33. The molecule has 0 radical (unpaired) electrons. The summed E-state index contributed by atoms with van der Waals surface area (Å²) in [4.78, 5) is 25.8. The number of ether oxygens (including phenoxy) is 1. The second-order valence-corrected chi connectivity index (χ2v) is 8.73. The predicted octanol–water partition coefficient (Wildman–Crippen LogP) is 5.73. The van der Waals surface area contributed by atoms with Crippen LogP contribution < -0.4 is 5.32 Å². The zero-order valence-electron chi connectivity index (χ0n) is 17.2. The van der Waals surface area contributed by atoms with E-state index in [0.717, 1.165) is 0 Å². The van der Waals surface area contributed by atoms with E-state index >= 15 is 4.39 Å². The number of carbonyl (C=O) groups excluding carboxylic acids is 2. The largest absolute Gasteiger partial charge is 0.444 e. The number of alkyl halides is 2. The number of hydrogen-bond acceptors (Lipinski definition) is 3. The van der Waals surface area contributed by atoms with E-state index in [0.29, 0.717) is 15.5 Å². The lowest BCUT2D eigenvalue weighted by molar-refractivity contribution is -0.120. The Bertz CT molecular complexity index is 1010. The Hall–Kier alpha value is -2.74. The van der Waals surface area contributed by atoms with Crippen LogP contribution in [0, 0.1) is 5.82 Å². The van der Waals surface area contributed by atoms with Gasteiger partial charge in [-0.3, -0.25) is 9.69 Å². The van der Waals surface area contributed by atoms with Crippen molar-refractivity contribution >= 4 is 29.3 Å². The second kappa shape index (κ2) is 8.42. The van der Waals surface area contributed by atoms with E-state index in [1.54, 1.807) is 45.0 Å². The van der Waals surface area contributed by atoms with Crippen LogP contribution in [0.5, 0.6) is 0 Å². The molecule has 0 unspecified atom stereocenters. The van der Waals surface area contributed by atoms with Gasteiger partial charge in [-0.1, -0.05) is 41.9 Å². The van der Waals surface area contributed by atoms with Crippen LogP contribution in [-0.4, -0.2) is 41.0 Å². The van der Waals surface area contributed by atoms with Crippen molar-refractivity contribution in [1.82, 2.24) is 4.90 Å². The number of likely N-dealkylation sites (tertiary alicyclic amines) is 1. The average Bonchev–Trinajstić information content (AvgIpc) is 2.99. The summed E-state index contributed by atoms with van der Waals surface area (Å²) in [6.45, 7) is 3.81. The maximum absolute atomic E-state index is 15.1. The van der Waals surface area contributed by atoms with Crippen molar-refractivity contribution in [3.05, 3.63) is 53.3 Å². The SMILES string of the molecule is CC(C)(C)OC(=O)N1CC(F)(F)C[C@H]1C(=O)Nc1cccc(-c2ccccc2Cl)c1F. The van der Waals surface area contributed by atoms with Crippen LogP contribution in [0.15, 0.2) is 42.5 Å². The summed E-state index contributed by atoms with van der Waals surface area (Å²) < 4.78 is 48.3. The van der Waals surface area contributed by atoms with Gasteiger partial charge in [-0.15, -0.1) is 0 Å². The van der Waals surface area contributed by atoms with Gasteiger partial charge in [0, 0.05) is 22.6 Å². The van der Waals surface area contributed by atoms with Crippen molar-refractivity contribution < 1.29 is 27.5 Å². The van der Waals surface area contributed by atoms with Gasteiger partial charge in [-0.2, -0.15) is 0 Å². The van der Waals surface area contributed by atoms with E-state index in [1.807, 2.05) is 0 Å². The molecule has 2 aromatic rings. The van der Waals surface area contributed by atoms with Gasteiger partial charge in [-0.25, -0.2) is 18.0 Å². The van der Waals surface area contributed by atoms with Crippen LogP contribution in [0.3, 0.4) is 0 Å². The van der Waals surface area contributed by atoms with Crippen molar-refractivity contribution in [2.24, 2.45) is 0 Å². The molecule has 9 heteroatoms. The highest BCUT2D eigenvalue weighted by Crippen LogP contribution is 2.35. The number of carbonyl (C=O) groups is 2. The second-order valence-electron chi connectivity index (χ2n) is 8.32. The normalized spacial score (nSPS) is 18.0. The minimum absolute atomic E-state index is 0.143.